The molecule has 2 N–H and O–H groups in total. The Balaban J connectivity index is 3.12. The Hall–Kier alpha value is -0.490. The molecule has 0 aromatic carbocycles. The van der Waals surface area contributed by atoms with E-state index in [2.05, 4.69) is 17.6 Å². The van der Waals surface area contributed by atoms with E-state index in [4.69, 9.17) is 5.73 Å². The Labute approximate surface area is 64.2 Å². The van der Waals surface area contributed by atoms with Gasteiger partial charge in [-0.2, -0.15) is 12.6 Å². The largest absolute Gasteiger partial charge is 0.374 e. The van der Waals surface area contributed by atoms with Gasteiger partial charge in [-0.25, -0.2) is 13.4 Å². The summed E-state index contributed by atoms with van der Waals surface area (Å²) in [4.78, 5) is 3.55. The summed E-state index contributed by atoms with van der Waals surface area (Å²) in [6.45, 7) is 0. The average molecular weight is 178 g/mol. The minimum Gasteiger partial charge on any atom is -0.374 e. The van der Waals surface area contributed by atoms with Crippen molar-refractivity contribution in [2.45, 2.75) is 0 Å². The average Bonchev–Trinajstić information content (AvgIpc) is 2.08. The lowest BCUT2D eigenvalue weighted by Crippen LogP contribution is -2.18. The molecule has 0 unspecified atom stereocenters. The zero-order valence-corrected chi connectivity index (χ0v) is 6.69. The van der Waals surface area contributed by atoms with E-state index in [9.17, 15) is 8.42 Å². The van der Waals surface area contributed by atoms with Gasteiger partial charge >= 0.3 is 0 Å². The van der Waals surface area contributed by atoms with E-state index in [1.54, 1.807) is 0 Å². The lowest BCUT2D eigenvalue weighted by Gasteiger charge is -1.84. The van der Waals surface area contributed by atoms with Gasteiger partial charge in [0.05, 0.1) is 11.1 Å². The quantitative estimate of drug-likeness (QED) is 0.532. The summed E-state index contributed by atoms with van der Waals surface area (Å²) < 4.78 is 21.5. The van der Waals surface area contributed by atoms with Gasteiger partial charge in [0.15, 0.2) is 0 Å². The fourth-order valence-electron chi connectivity index (χ4n) is 0.544. The number of hydrogen-bond donors (Lipinski definition) is 2. The maximum absolute atomic E-state index is 10.8. The van der Waals surface area contributed by atoms with E-state index in [1.807, 2.05) is 0 Å². The molecule has 0 fully saturated rings. The molecule has 1 heterocycles. The van der Waals surface area contributed by atoms with Crippen LogP contribution in [0.3, 0.4) is 0 Å². The highest BCUT2D eigenvalue weighted by Crippen LogP contribution is 2.12. The normalized spacial score (nSPS) is 22.1. The van der Waals surface area contributed by atoms with Gasteiger partial charge in [0.1, 0.15) is 0 Å². The first-order chi connectivity index (χ1) is 4.56. The lowest BCUT2D eigenvalue weighted by molar-refractivity contribution is 0.615. The maximum Gasteiger partial charge on any atom is 0.234 e. The van der Waals surface area contributed by atoms with Crippen LogP contribution in [0.15, 0.2) is 16.1 Å². The highest BCUT2D eigenvalue weighted by molar-refractivity contribution is 8.09. The third-order valence-corrected chi connectivity index (χ3v) is 2.58. The zero-order valence-electron chi connectivity index (χ0n) is 4.98. The van der Waals surface area contributed by atoms with E-state index in [-0.39, 0.29) is 5.17 Å². The second-order valence-electron chi connectivity index (χ2n) is 1.76. The second kappa shape index (κ2) is 2.28. The van der Waals surface area contributed by atoms with Crippen LogP contribution in [-0.4, -0.2) is 19.3 Å². The van der Waals surface area contributed by atoms with Crippen LogP contribution in [0.25, 0.3) is 0 Å². The molecule has 1 aliphatic rings. The van der Waals surface area contributed by atoms with Crippen molar-refractivity contribution in [2.75, 3.05) is 5.75 Å². The number of nitrogens with zero attached hydrogens (tertiary/aromatic N) is 1. The number of thiol groups is 1. The lowest BCUT2D eigenvalue weighted by atomic mass is 10.6. The Morgan fingerprint density at radius 1 is 1.70 bits per heavy atom. The molecular weight excluding hydrogens is 172 g/mol. The second-order valence-corrected chi connectivity index (χ2v) is 3.82. The van der Waals surface area contributed by atoms with E-state index in [0.717, 1.165) is 5.41 Å². The molecule has 1 rings (SSSR count). The molecule has 0 bridgehead atoms. The van der Waals surface area contributed by atoms with Crippen LogP contribution in [0.4, 0.5) is 0 Å². The Morgan fingerprint density at radius 3 is 2.50 bits per heavy atom. The Kier molecular flexibility index (Phi) is 1.74. The van der Waals surface area contributed by atoms with Gasteiger partial charge in [-0.1, -0.05) is 0 Å². The molecule has 0 aromatic rings. The van der Waals surface area contributed by atoms with Crippen molar-refractivity contribution >= 4 is 27.6 Å². The Bertz CT molecular complexity index is 301. The molecule has 6 heteroatoms. The molecule has 4 nitrogen and oxygen atoms in total. The van der Waals surface area contributed by atoms with Crippen molar-refractivity contribution in [2.24, 2.45) is 10.7 Å². The first-order valence-electron chi connectivity index (χ1n) is 2.47. The summed E-state index contributed by atoms with van der Waals surface area (Å²) >= 11 is 3.84. The zero-order chi connectivity index (χ0) is 7.78. The van der Waals surface area contributed by atoms with E-state index >= 15 is 0 Å². The van der Waals surface area contributed by atoms with Gasteiger partial charge in [-0.05, 0) is 0 Å². The van der Waals surface area contributed by atoms with Crippen LogP contribution < -0.4 is 5.73 Å². The molecule has 0 amide bonds. The first kappa shape index (κ1) is 7.62. The minimum absolute atomic E-state index is 0.292. The molecule has 0 spiro atoms. The molecule has 10 heavy (non-hydrogen) atoms. The third-order valence-electron chi connectivity index (χ3n) is 0.998. The highest BCUT2D eigenvalue weighted by Gasteiger charge is 2.20. The molecule has 0 radical (unpaired) electrons. The number of aliphatic imine (C=N–C) groups is 1. The van der Waals surface area contributed by atoms with Crippen LogP contribution in [0.5, 0.6) is 0 Å². The predicted octanol–water partition coefficient (Wildman–Crippen LogP) is -0.499. The molecule has 0 atom stereocenters. The van der Waals surface area contributed by atoms with E-state index in [0.29, 0.717) is 11.4 Å². The third kappa shape index (κ3) is 1.17. The fourth-order valence-corrected chi connectivity index (χ4v) is 1.69. The van der Waals surface area contributed by atoms with Crippen LogP contribution in [0.1, 0.15) is 0 Å². The van der Waals surface area contributed by atoms with Gasteiger partial charge in [0, 0.05) is 5.75 Å². The van der Waals surface area contributed by atoms with Gasteiger partial charge in [-0.3, -0.25) is 0 Å². The summed E-state index contributed by atoms with van der Waals surface area (Å²) in [6, 6.07) is 0. The summed E-state index contributed by atoms with van der Waals surface area (Å²) in [5.74, 6) is 0.292. The SMILES string of the molecule is NC1=NC(CS)=CS1(=O)=O. The van der Waals surface area contributed by atoms with E-state index in [1.165, 1.54) is 0 Å². The Morgan fingerprint density at radius 2 is 2.30 bits per heavy atom. The fraction of sp³-hybridized carbons (Fsp3) is 0.250. The molecular formula is C4H6N2O2S2. The van der Waals surface area contributed by atoms with E-state index < -0.39 is 9.84 Å². The summed E-state index contributed by atoms with van der Waals surface area (Å²) in [6.07, 6.45) is 0. The smallest absolute Gasteiger partial charge is 0.234 e. The van der Waals surface area contributed by atoms with Crippen molar-refractivity contribution in [1.29, 1.82) is 0 Å². The van der Waals surface area contributed by atoms with Crippen molar-refractivity contribution in [3.8, 4) is 0 Å². The van der Waals surface area contributed by atoms with Gasteiger partial charge in [-0.15, -0.1) is 0 Å². The topological polar surface area (TPSA) is 72.5 Å². The van der Waals surface area contributed by atoms with Crippen LogP contribution in [0, 0.1) is 0 Å². The molecule has 56 valence electrons. The minimum atomic E-state index is -3.37. The van der Waals surface area contributed by atoms with Crippen molar-refractivity contribution in [3.05, 3.63) is 11.1 Å². The monoisotopic (exact) mass is 178 g/mol. The number of hydrogen-bond acceptors (Lipinski definition) is 5. The number of amidine groups is 1. The summed E-state index contributed by atoms with van der Waals surface area (Å²) in [5.41, 5.74) is 5.44. The van der Waals surface area contributed by atoms with Crippen LogP contribution in [-0.2, 0) is 9.84 Å². The maximum atomic E-state index is 10.8. The molecule has 0 aromatic heterocycles. The summed E-state index contributed by atoms with van der Waals surface area (Å²) in [5, 5.41) is 0.687. The highest BCUT2D eigenvalue weighted by atomic mass is 32.2. The standard InChI is InChI=1S/C4H6N2O2S2/c5-4-6-3(1-9)2-10(4,7)8/h2,9H,1H2,(H2,5,6). The van der Waals surface area contributed by atoms with Gasteiger partial charge in [0.25, 0.3) is 0 Å². The van der Waals surface area contributed by atoms with Gasteiger partial charge in [0.2, 0.25) is 15.0 Å². The van der Waals surface area contributed by atoms with Crippen LogP contribution >= 0.6 is 12.6 Å². The predicted molar refractivity (Wildman–Crippen MR) is 42.5 cm³/mol. The summed E-state index contributed by atoms with van der Waals surface area (Å²) in [7, 11) is -3.37. The molecule has 0 saturated carbocycles. The number of sulfone groups is 1. The molecule has 1 aliphatic heterocycles. The number of nitrogens with two attached hydrogens (primary N) is 1. The van der Waals surface area contributed by atoms with Crippen molar-refractivity contribution < 1.29 is 8.42 Å². The van der Waals surface area contributed by atoms with Gasteiger partial charge < -0.3 is 5.73 Å². The first-order valence-corrected chi connectivity index (χ1v) is 4.65. The molecule has 0 aliphatic carbocycles. The van der Waals surface area contributed by atoms with Crippen LogP contribution in [0.2, 0.25) is 0 Å². The van der Waals surface area contributed by atoms with Crippen molar-refractivity contribution in [3.63, 3.8) is 0 Å². The molecule has 0 saturated heterocycles. The number of rotatable bonds is 1. The van der Waals surface area contributed by atoms with Crippen molar-refractivity contribution in [1.82, 2.24) is 0 Å².